The molecule has 1 aliphatic rings. The van der Waals surface area contributed by atoms with E-state index in [4.69, 9.17) is 4.43 Å². The molecule has 1 rings (SSSR count). The lowest BCUT2D eigenvalue weighted by Gasteiger charge is -2.45. The minimum absolute atomic E-state index is 0.0245. The summed E-state index contributed by atoms with van der Waals surface area (Å²) in [4.78, 5) is 12.0. The molecule has 1 saturated heterocycles. The van der Waals surface area contributed by atoms with Gasteiger partial charge in [-0.25, -0.2) is 0 Å². The van der Waals surface area contributed by atoms with Gasteiger partial charge in [-0.1, -0.05) is 33.9 Å². The van der Waals surface area contributed by atoms with Crippen molar-refractivity contribution in [1.29, 1.82) is 0 Å². The van der Waals surface area contributed by atoms with Crippen LogP contribution in [0.3, 0.4) is 0 Å². The highest BCUT2D eigenvalue weighted by Crippen LogP contribution is 2.39. The highest BCUT2D eigenvalue weighted by atomic mass is 28.4. The van der Waals surface area contributed by atoms with E-state index in [1.807, 2.05) is 6.92 Å². The first-order chi connectivity index (χ1) is 9.55. The smallest absolute Gasteiger partial charge is 0.228 e. The summed E-state index contributed by atoms with van der Waals surface area (Å²) in [5.74, 6) is -0.176. The predicted octanol–water partition coefficient (Wildman–Crippen LogP) is 3.56. The van der Waals surface area contributed by atoms with Crippen LogP contribution in [0.15, 0.2) is 36.3 Å². The summed E-state index contributed by atoms with van der Waals surface area (Å²) in [5, 5.41) is 3.01. The summed E-state index contributed by atoms with van der Waals surface area (Å²) in [5.41, 5.74) is 6.38. The Morgan fingerprint density at radius 3 is 2.38 bits per heavy atom. The number of hydrogen-bond acceptors (Lipinski definition) is 2. The average molecular weight is 305 g/mol. The molecular weight excluding hydrogens is 278 g/mol. The summed E-state index contributed by atoms with van der Waals surface area (Å²) >= 11 is 0. The van der Waals surface area contributed by atoms with Crippen LogP contribution >= 0.6 is 0 Å². The highest BCUT2D eigenvalue weighted by Gasteiger charge is 2.48. The fourth-order valence-electron chi connectivity index (χ4n) is 2.23. The van der Waals surface area contributed by atoms with Gasteiger partial charge in [0.1, 0.15) is 0 Å². The third-order valence-electron chi connectivity index (χ3n) is 4.55. The minimum atomic E-state index is -1.90. The summed E-state index contributed by atoms with van der Waals surface area (Å²) < 4.78 is 6.35. The molecule has 0 unspecified atom stereocenters. The molecule has 1 amide bonds. The second-order valence-electron chi connectivity index (χ2n) is 7.08. The van der Waals surface area contributed by atoms with Crippen LogP contribution in [0, 0.1) is 5.92 Å². The molecule has 3 atom stereocenters. The van der Waals surface area contributed by atoms with Crippen LogP contribution in [-0.4, -0.2) is 26.4 Å². The van der Waals surface area contributed by atoms with E-state index in [1.165, 1.54) is 0 Å². The standard InChI is InChI=1S/C17H27NO2Si/c1-9-11-13(10-2)15-14(16(19)18-15)12(3)20-21(7,8)17(4,5)6/h11-12,14-15H,1-2H2,3-8H3,(H,18,19)/t12-,14+,15-/m1/s1. The Morgan fingerprint density at radius 2 is 2.00 bits per heavy atom. The van der Waals surface area contributed by atoms with Crippen molar-refractivity contribution < 1.29 is 9.22 Å². The zero-order valence-electron chi connectivity index (χ0n) is 14.0. The third-order valence-corrected chi connectivity index (χ3v) is 9.12. The Labute approximate surface area is 129 Å². The Morgan fingerprint density at radius 1 is 1.43 bits per heavy atom. The summed E-state index contributed by atoms with van der Waals surface area (Å²) in [6.07, 6.45) is 1.58. The van der Waals surface area contributed by atoms with Gasteiger partial charge in [-0.3, -0.25) is 4.79 Å². The summed E-state index contributed by atoms with van der Waals surface area (Å²) in [6.45, 7) is 20.2. The van der Waals surface area contributed by atoms with Crippen LogP contribution in [0.1, 0.15) is 27.7 Å². The third kappa shape index (κ3) is 3.66. The molecule has 0 bridgehead atoms. The van der Waals surface area contributed by atoms with E-state index in [0.29, 0.717) is 0 Å². The van der Waals surface area contributed by atoms with Crippen LogP contribution in [0.5, 0.6) is 0 Å². The molecule has 116 valence electrons. The van der Waals surface area contributed by atoms with Gasteiger partial charge in [0.05, 0.1) is 18.1 Å². The summed E-state index contributed by atoms with van der Waals surface area (Å²) in [7, 11) is -1.90. The fraction of sp³-hybridized carbons (Fsp3) is 0.588. The van der Waals surface area contributed by atoms with Crippen molar-refractivity contribution in [1.82, 2.24) is 5.32 Å². The molecule has 0 spiro atoms. The van der Waals surface area contributed by atoms with Crippen LogP contribution in [-0.2, 0) is 9.22 Å². The quantitative estimate of drug-likeness (QED) is 0.365. The first-order valence-corrected chi connectivity index (χ1v) is 10.2. The number of carbonyl (C=O) groups is 1. The monoisotopic (exact) mass is 305 g/mol. The van der Waals surface area contributed by atoms with E-state index in [1.54, 1.807) is 6.08 Å². The van der Waals surface area contributed by atoms with Gasteiger partial charge in [-0.15, -0.1) is 11.5 Å². The average Bonchev–Trinajstić information content (AvgIpc) is 2.31. The van der Waals surface area contributed by atoms with Crippen LogP contribution in [0.25, 0.3) is 0 Å². The molecule has 0 saturated carbocycles. The van der Waals surface area contributed by atoms with Gasteiger partial charge >= 0.3 is 0 Å². The molecule has 21 heavy (non-hydrogen) atoms. The molecule has 1 heterocycles. The first-order valence-electron chi connectivity index (χ1n) is 7.29. The number of amides is 1. The molecule has 0 aliphatic carbocycles. The Bertz CT molecular complexity index is 517. The predicted molar refractivity (Wildman–Crippen MR) is 89.5 cm³/mol. The summed E-state index contributed by atoms with van der Waals surface area (Å²) in [6, 6.07) is -0.107. The SMILES string of the molecule is C=C=CC(=C=C)[C@H]1NC(=O)[C@H]1[C@@H](C)O[Si](C)(C)C(C)(C)C. The molecule has 0 radical (unpaired) electrons. The first kappa shape index (κ1) is 17.7. The lowest BCUT2D eigenvalue weighted by Crippen LogP contribution is -2.64. The van der Waals surface area contributed by atoms with Crippen molar-refractivity contribution in [3.8, 4) is 0 Å². The second kappa shape index (κ2) is 6.21. The largest absolute Gasteiger partial charge is 0.413 e. The molecular formula is C17H27NO2Si. The molecule has 3 nitrogen and oxygen atoms in total. The van der Waals surface area contributed by atoms with Crippen molar-refractivity contribution in [3.63, 3.8) is 0 Å². The van der Waals surface area contributed by atoms with Gasteiger partial charge in [0.15, 0.2) is 8.32 Å². The van der Waals surface area contributed by atoms with Gasteiger partial charge in [0, 0.05) is 5.57 Å². The molecule has 0 aromatic rings. The van der Waals surface area contributed by atoms with Crippen molar-refractivity contribution in [2.45, 2.75) is 58.0 Å². The van der Waals surface area contributed by atoms with Crippen LogP contribution < -0.4 is 5.32 Å². The molecule has 1 N–H and O–H groups in total. The Balaban J connectivity index is 2.91. The number of carbonyl (C=O) groups excluding carboxylic acids is 1. The van der Waals surface area contributed by atoms with E-state index < -0.39 is 8.32 Å². The second-order valence-corrected chi connectivity index (χ2v) is 11.8. The zero-order valence-corrected chi connectivity index (χ0v) is 15.0. The highest BCUT2D eigenvalue weighted by molar-refractivity contribution is 6.74. The van der Waals surface area contributed by atoms with Gasteiger partial charge in [0.2, 0.25) is 5.91 Å². The van der Waals surface area contributed by atoms with E-state index >= 15 is 0 Å². The fourth-order valence-corrected chi connectivity index (χ4v) is 3.65. The normalized spacial score (nSPS) is 23.2. The van der Waals surface area contributed by atoms with Crippen molar-refractivity contribution in [2.75, 3.05) is 0 Å². The number of hydrogen-bond donors (Lipinski definition) is 1. The van der Waals surface area contributed by atoms with Gasteiger partial charge < -0.3 is 9.74 Å². The molecule has 0 aromatic carbocycles. The number of rotatable bonds is 5. The maximum atomic E-state index is 12.0. The Hall–Kier alpha value is -1.31. The van der Waals surface area contributed by atoms with Crippen molar-refractivity contribution in [3.05, 3.63) is 36.3 Å². The van der Waals surface area contributed by atoms with E-state index in [9.17, 15) is 4.79 Å². The molecule has 4 heteroatoms. The number of β-lactam (4-membered cyclic amide) rings is 1. The number of nitrogens with one attached hydrogen (secondary N) is 1. The maximum Gasteiger partial charge on any atom is 0.228 e. The van der Waals surface area contributed by atoms with E-state index in [0.717, 1.165) is 5.57 Å². The topological polar surface area (TPSA) is 38.3 Å². The Kier molecular flexibility index (Phi) is 5.24. The van der Waals surface area contributed by atoms with Gasteiger partial charge in [-0.05, 0) is 31.1 Å². The van der Waals surface area contributed by atoms with Gasteiger partial charge in [0.25, 0.3) is 0 Å². The van der Waals surface area contributed by atoms with E-state index in [2.05, 4.69) is 63.8 Å². The lowest BCUT2D eigenvalue weighted by atomic mass is 9.81. The van der Waals surface area contributed by atoms with Crippen molar-refractivity contribution in [2.24, 2.45) is 5.92 Å². The molecule has 1 fully saturated rings. The van der Waals surface area contributed by atoms with E-state index in [-0.39, 0.29) is 29.0 Å². The minimum Gasteiger partial charge on any atom is -0.413 e. The maximum absolute atomic E-state index is 12.0. The van der Waals surface area contributed by atoms with Crippen LogP contribution in [0.2, 0.25) is 18.1 Å². The van der Waals surface area contributed by atoms with Crippen molar-refractivity contribution >= 4 is 14.2 Å². The van der Waals surface area contributed by atoms with Gasteiger partial charge in [-0.2, -0.15) is 0 Å². The molecule has 1 aliphatic heterocycles. The molecule has 0 aromatic heterocycles. The lowest BCUT2D eigenvalue weighted by molar-refractivity contribution is -0.138. The zero-order chi connectivity index (χ0) is 16.4. The van der Waals surface area contributed by atoms with Crippen LogP contribution in [0.4, 0.5) is 0 Å².